The molecule has 8 heteroatoms. The molecular weight excluding hydrogens is 368 g/mol. The topological polar surface area (TPSA) is 93.7 Å². The molecule has 0 radical (unpaired) electrons. The highest BCUT2D eigenvalue weighted by Crippen LogP contribution is 2.27. The predicted octanol–water partition coefficient (Wildman–Crippen LogP) is 2.92. The van der Waals surface area contributed by atoms with Gasteiger partial charge in [0.2, 0.25) is 15.9 Å². The Labute approximate surface area is 159 Å². The van der Waals surface area contributed by atoms with Crippen molar-refractivity contribution in [3.8, 4) is 11.5 Å². The number of hydrogen-bond acceptors (Lipinski definition) is 5. The first-order valence-corrected chi connectivity index (χ1v) is 9.90. The summed E-state index contributed by atoms with van der Waals surface area (Å²) < 4.78 is 38.5. The average Bonchev–Trinajstić information content (AvgIpc) is 2.59. The molecule has 0 spiro atoms. The molecule has 27 heavy (non-hydrogen) atoms. The molecular formula is C19H24N2O5S. The van der Waals surface area contributed by atoms with E-state index in [1.54, 1.807) is 6.07 Å². The van der Waals surface area contributed by atoms with Gasteiger partial charge in [-0.1, -0.05) is 12.1 Å². The Morgan fingerprint density at radius 2 is 1.89 bits per heavy atom. The Morgan fingerprint density at radius 1 is 1.15 bits per heavy atom. The molecule has 0 aliphatic heterocycles. The van der Waals surface area contributed by atoms with Gasteiger partial charge in [0.1, 0.15) is 11.5 Å². The van der Waals surface area contributed by atoms with E-state index in [4.69, 9.17) is 9.47 Å². The molecule has 0 aliphatic rings. The van der Waals surface area contributed by atoms with Gasteiger partial charge in [-0.25, -0.2) is 13.1 Å². The van der Waals surface area contributed by atoms with Crippen LogP contribution in [0.15, 0.2) is 47.4 Å². The normalized spacial score (nSPS) is 11.3. The van der Waals surface area contributed by atoms with Gasteiger partial charge in [-0.2, -0.15) is 0 Å². The molecule has 7 nitrogen and oxygen atoms in total. The summed E-state index contributed by atoms with van der Waals surface area (Å²) in [6, 6.07) is 11.5. The maximum Gasteiger partial charge on any atom is 0.240 e. The number of carbonyl (C=O) groups is 1. The fraction of sp³-hybridized carbons (Fsp3) is 0.316. The largest absolute Gasteiger partial charge is 0.495 e. The molecule has 0 saturated heterocycles. The Bertz CT molecular complexity index is 910. The van der Waals surface area contributed by atoms with Crippen molar-refractivity contribution in [1.29, 1.82) is 0 Å². The molecule has 146 valence electrons. The lowest BCUT2D eigenvalue weighted by Gasteiger charge is -2.13. The van der Waals surface area contributed by atoms with Crippen molar-refractivity contribution in [2.24, 2.45) is 0 Å². The van der Waals surface area contributed by atoms with Gasteiger partial charge in [0.05, 0.1) is 23.8 Å². The molecule has 0 heterocycles. The van der Waals surface area contributed by atoms with Crippen LogP contribution in [0.2, 0.25) is 0 Å². The first kappa shape index (κ1) is 20.7. The number of methoxy groups -OCH3 is 1. The van der Waals surface area contributed by atoms with Gasteiger partial charge in [-0.3, -0.25) is 4.79 Å². The smallest absolute Gasteiger partial charge is 0.240 e. The van der Waals surface area contributed by atoms with E-state index in [0.717, 1.165) is 5.56 Å². The van der Waals surface area contributed by atoms with Gasteiger partial charge in [-0.15, -0.1) is 0 Å². The molecule has 1 amide bonds. The number of nitrogens with one attached hydrogen (secondary N) is 2. The average molecular weight is 392 g/mol. The third kappa shape index (κ3) is 5.97. The van der Waals surface area contributed by atoms with Crippen LogP contribution in [0.1, 0.15) is 26.3 Å². The highest BCUT2D eigenvalue weighted by Gasteiger charge is 2.17. The van der Waals surface area contributed by atoms with Crippen molar-refractivity contribution in [2.45, 2.75) is 38.3 Å². The Balaban J connectivity index is 2.18. The maximum absolute atomic E-state index is 12.6. The Kier molecular flexibility index (Phi) is 6.81. The molecule has 2 aromatic rings. The van der Waals surface area contributed by atoms with Gasteiger partial charge >= 0.3 is 0 Å². The number of hydrogen-bond donors (Lipinski definition) is 2. The Morgan fingerprint density at radius 3 is 2.52 bits per heavy atom. The lowest BCUT2D eigenvalue weighted by Crippen LogP contribution is -2.23. The second-order valence-corrected chi connectivity index (χ2v) is 7.95. The minimum Gasteiger partial charge on any atom is -0.495 e. The molecule has 0 atom stereocenters. The van der Waals surface area contributed by atoms with Crippen LogP contribution in [0.3, 0.4) is 0 Å². The molecule has 2 aromatic carbocycles. The SMILES string of the molecule is COc1ccc(S(=O)(=O)NCc2cccc(OC(C)C)c2)cc1NC(C)=O. The molecule has 2 rings (SSSR count). The second kappa shape index (κ2) is 8.88. The number of rotatable bonds is 8. The third-order valence-electron chi connectivity index (χ3n) is 3.53. The van der Waals surface area contributed by atoms with Crippen LogP contribution in [0, 0.1) is 0 Å². The lowest BCUT2D eigenvalue weighted by atomic mass is 10.2. The van der Waals surface area contributed by atoms with Crippen molar-refractivity contribution in [3.05, 3.63) is 48.0 Å². The van der Waals surface area contributed by atoms with E-state index in [2.05, 4.69) is 10.0 Å². The van der Waals surface area contributed by atoms with Gasteiger partial charge in [0.25, 0.3) is 0 Å². The van der Waals surface area contributed by atoms with Crippen molar-refractivity contribution in [2.75, 3.05) is 12.4 Å². The van der Waals surface area contributed by atoms with Crippen LogP contribution < -0.4 is 19.5 Å². The highest BCUT2D eigenvalue weighted by molar-refractivity contribution is 7.89. The summed E-state index contributed by atoms with van der Waals surface area (Å²) in [5.41, 5.74) is 1.06. The van der Waals surface area contributed by atoms with Crippen LogP contribution in [-0.4, -0.2) is 27.5 Å². The second-order valence-electron chi connectivity index (χ2n) is 6.18. The summed E-state index contributed by atoms with van der Waals surface area (Å²) in [5.74, 6) is 0.736. The van der Waals surface area contributed by atoms with Crippen molar-refractivity contribution in [3.63, 3.8) is 0 Å². The van der Waals surface area contributed by atoms with Crippen LogP contribution >= 0.6 is 0 Å². The molecule has 0 aromatic heterocycles. The van der Waals surface area contributed by atoms with Crippen molar-refractivity contribution in [1.82, 2.24) is 4.72 Å². The monoisotopic (exact) mass is 392 g/mol. The number of ether oxygens (including phenoxy) is 2. The maximum atomic E-state index is 12.6. The van der Waals surface area contributed by atoms with Gasteiger partial charge in [-0.05, 0) is 49.7 Å². The van der Waals surface area contributed by atoms with E-state index < -0.39 is 10.0 Å². The standard InChI is InChI=1S/C19H24N2O5S/c1-13(2)26-16-7-5-6-15(10-16)12-20-27(23,24)17-8-9-19(25-4)18(11-17)21-14(3)22/h5-11,13,20H,12H2,1-4H3,(H,21,22). The molecule has 2 N–H and O–H groups in total. The molecule has 0 aliphatic carbocycles. The molecule has 0 saturated carbocycles. The van der Waals surface area contributed by atoms with Crippen LogP contribution in [0.5, 0.6) is 11.5 Å². The molecule has 0 unspecified atom stereocenters. The van der Waals surface area contributed by atoms with E-state index >= 15 is 0 Å². The lowest BCUT2D eigenvalue weighted by molar-refractivity contribution is -0.114. The number of anilines is 1. The minimum absolute atomic E-state index is 0.0293. The summed E-state index contributed by atoms with van der Waals surface area (Å²) in [7, 11) is -2.33. The summed E-state index contributed by atoms with van der Waals surface area (Å²) >= 11 is 0. The fourth-order valence-corrected chi connectivity index (χ4v) is 3.45. The van der Waals surface area contributed by atoms with Gasteiger partial charge < -0.3 is 14.8 Å². The first-order chi connectivity index (χ1) is 12.7. The van der Waals surface area contributed by atoms with Gasteiger partial charge in [0.15, 0.2) is 0 Å². The quantitative estimate of drug-likeness (QED) is 0.720. The zero-order valence-corrected chi connectivity index (χ0v) is 16.6. The van der Waals surface area contributed by atoms with Crippen LogP contribution in [-0.2, 0) is 21.4 Å². The predicted molar refractivity (Wildman–Crippen MR) is 104 cm³/mol. The fourth-order valence-electron chi connectivity index (χ4n) is 2.40. The zero-order chi connectivity index (χ0) is 20.0. The summed E-state index contributed by atoms with van der Waals surface area (Å²) in [5, 5.41) is 2.56. The third-order valence-corrected chi connectivity index (χ3v) is 4.93. The van der Waals surface area contributed by atoms with E-state index in [0.29, 0.717) is 17.2 Å². The number of carbonyl (C=O) groups excluding carboxylic acids is 1. The first-order valence-electron chi connectivity index (χ1n) is 8.42. The van der Waals surface area contributed by atoms with E-state index in [-0.39, 0.29) is 23.5 Å². The highest BCUT2D eigenvalue weighted by atomic mass is 32.2. The van der Waals surface area contributed by atoms with Crippen LogP contribution in [0.25, 0.3) is 0 Å². The number of sulfonamides is 1. The van der Waals surface area contributed by atoms with Crippen LogP contribution in [0.4, 0.5) is 5.69 Å². The summed E-state index contributed by atoms with van der Waals surface area (Å²) in [4.78, 5) is 11.3. The van der Waals surface area contributed by atoms with E-state index in [1.807, 2.05) is 32.0 Å². The number of amides is 1. The van der Waals surface area contributed by atoms with E-state index in [1.165, 1.54) is 32.2 Å². The summed E-state index contributed by atoms with van der Waals surface area (Å²) in [6.45, 7) is 5.29. The Hall–Kier alpha value is -2.58. The van der Waals surface area contributed by atoms with Crippen molar-refractivity contribution < 1.29 is 22.7 Å². The molecule has 0 fully saturated rings. The zero-order valence-electron chi connectivity index (χ0n) is 15.8. The van der Waals surface area contributed by atoms with Gasteiger partial charge in [0, 0.05) is 13.5 Å². The molecule has 0 bridgehead atoms. The van der Waals surface area contributed by atoms with Crippen molar-refractivity contribution >= 4 is 21.6 Å². The number of benzene rings is 2. The minimum atomic E-state index is -3.78. The van der Waals surface area contributed by atoms with E-state index in [9.17, 15) is 13.2 Å². The summed E-state index contributed by atoms with van der Waals surface area (Å²) in [6.07, 6.45) is 0.0310.